The van der Waals surface area contributed by atoms with Crippen LogP contribution in [0.5, 0.6) is 0 Å². The van der Waals surface area contributed by atoms with E-state index in [0.29, 0.717) is 29.2 Å². The molecule has 1 aliphatic rings. The minimum Gasteiger partial charge on any atom is -0.478 e. The quantitative estimate of drug-likeness (QED) is 0.353. The second kappa shape index (κ2) is 7.09. The molecule has 1 fully saturated rings. The number of carbonyl (C=O) groups is 2. The predicted octanol–water partition coefficient (Wildman–Crippen LogP) is 2.78. The standard InChI is InChI=1S/C18H13N5O5S/c24-15(11-1-7-14(8-2-11)23(27)28)18(9-10-18)29-17-19-20-21-22(17)13-5-3-12(4-6-13)16(25)26/h1-8H,9-10H2,(H,25,26). The minimum atomic E-state index is -1.03. The lowest BCUT2D eigenvalue weighted by molar-refractivity contribution is -0.384. The van der Waals surface area contributed by atoms with E-state index in [9.17, 15) is 19.7 Å². The molecule has 0 spiro atoms. The van der Waals surface area contributed by atoms with E-state index in [2.05, 4.69) is 15.5 Å². The lowest BCUT2D eigenvalue weighted by atomic mass is 10.1. The van der Waals surface area contributed by atoms with Gasteiger partial charge >= 0.3 is 5.97 Å². The van der Waals surface area contributed by atoms with Gasteiger partial charge in [0.1, 0.15) is 0 Å². The highest BCUT2D eigenvalue weighted by Gasteiger charge is 2.52. The smallest absolute Gasteiger partial charge is 0.335 e. The highest BCUT2D eigenvalue weighted by Crippen LogP contribution is 2.53. The fourth-order valence-electron chi connectivity index (χ4n) is 2.81. The van der Waals surface area contributed by atoms with E-state index >= 15 is 0 Å². The van der Waals surface area contributed by atoms with E-state index in [1.807, 2.05) is 0 Å². The predicted molar refractivity (Wildman–Crippen MR) is 101 cm³/mol. The molecular weight excluding hydrogens is 398 g/mol. The van der Waals surface area contributed by atoms with Crippen molar-refractivity contribution in [3.8, 4) is 5.69 Å². The number of benzene rings is 2. The molecule has 2 aromatic carbocycles. The van der Waals surface area contributed by atoms with Gasteiger partial charge in [-0.1, -0.05) is 11.8 Å². The number of carboxylic acid groups (broad SMARTS) is 1. The zero-order chi connectivity index (χ0) is 20.6. The Kier molecular flexibility index (Phi) is 4.59. The molecule has 1 aromatic heterocycles. The topological polar surface area (TPSA) is 141 Å². The average Bonchev–Trinajstić information content (AvgIpc) is 3.36. The fraction of sp³-hybridized carbons (Fsp3) is 0.167. The minimum absolute atomic E-state index is 0.0761. The van der Waals surface area contributed by atoms with Crippen LogP contribution in [-0.2, 0) is 0 Å². The number of nitro benzene ring substituents is 1. The maximum atomic E-state index is 13.0. The van der Waals surface area contributed by atoms with Crippen molar-refractivity contribution in [2.24, 2.45) is 0 Å². The van der Waals surface area contributed by atoms with Crippen molar-refractivity contribution in [1.82, 2.24) is 20.2 Å². The molecule has 3 aromatic rings. The molecule has 11 heteroatoms. The van der Waals surface area contributed by atoms with Gasteiger partial charge in [-0.15, -0.1) is 5.10 Å². The van der Waals surface area contributed by atoms with Gasteiger partial charge in [-0.05, 0) is 59.7 Å². The number of hydrogen-bond donors (Lipinski definition) is 1. The second-order valence-corrected chi connectivity index (χ2v) is 7.81. The molecule has 4 rings (SSSR count). The fourth-order valence-corrected chi connectivity index (χ4v) is 3.98. The number of carboxylic acids is 1. The number of aromatic carboxylic acids is 1. The Bertz CT molecular complexity index is 1110. The molecule has 0 radical (unpaired) electrons. The van der Waals surface area contributed by atoms with Gasteiger partial charge in [-0.25, -0.2) is 4.79 Å². The van der Waals surface area contributed by atoms with E-state index in [-0.39, 0.29) is 17.0 Å². The SMILES string of the molecule is O=C(O)c1ccc(-n2nnnc2SC2(C(=O)c3ccc([N+](=O)[O-])cc3)CC2)cc1. The molecular formula is C18H13N5O5S. The third-order valence-corrected chi connectivity index (χ3v) is 5.97. The molecule has 0 aliphatic heterocycles. The monoisotopic (exact) mass is 411 g/mol. The number of hydrogen-bond acceptors (Lipinski definition) is 8. The molecule has 10 nitrogen and oxygen atoms in total. The third-order valence-electron chi connectivity index (χ3n) is 4.54. The van der Waals surface area contributed by atoms with Crippen LogP contribution in [0, 0.1) is 10.1 Å². The summed E-state index contributed by atoms with van der Waals surface area (Å²) in [5.41, 5.74) is 1.03. The first kappa shape index (κ1) is 18.7. The van der Waals surface area contributed by atoms with Crippen LogP contribution in [0.3, 0.4) is 0 Å². The second-order valence-electron chi connectivity index (χ2n) is 6.45. The maximum absolute atomic E-state index is 13.0. The van der Waals surface area contributed by atoms with Crippen LogP contribution in [0.25, 0.3) is 5.69 Å². The number of aromatic nitrogens is 4. The summed E-state index contributed by atoms with van der Waals surface area (Å²) in [5, 5.41) is 31.8. The maximum Gasteiger partial charge on any atom is 0.335 e. The normalized spacial score (nSPS) is 14.3. The van der Waals surface area contributed by atoms with Crippen LogP contribution < -0.4 is 0 Å². The van der Waals surface area contributed by atoms with Gasteiger partial charge in [0.2, 0.25) is 5.16 Å². The summed E-state index contributed by atoms with van der Waals surface area (Å²) in [7, 11) is 0. The Morgan fingerprint density at radius 3 is 2.24 bits per heavy atom. The summed E-state index contributed by atoms with van der Waals surface area (Å²) in [6.07, 6.45) is 1.27. The first-order valence-corrected chi connectivity index (χ1v) is 9.32. The van der Waals surface area contributed by atoms with Gasteiger partial charge in [0, 0.05) is 17.7 Å². The van der Waals surface area contributed by atoms with Crippen LogP contribution in [0.4, 0.5) is 5.69 Å². The number of thioether (sulfide) groups is 1. The largest absolute Gasteiger partial charge is 0.478 e. The molecule has 0 bridgehead atoms. The van der Waals surface area contributed by atoms with Crippen molar-refractivity contribution >= 4 is 29.2 Å². The molecule has 1 saturated carbocycles. The van der Waals surface area contributed by atoms with Crippen LogP contribution in [0.1, 0.15) is 33.6 Å². The number of nitro groups is 1. The molecule has 146 valence electrons. The Labute approximate surface area is 167 Å². The number of tetrazole rings is 1. The molecule has 1 N–H and O–H groups in total. The summed E-state index contributed by atoms with van der Waals surface area (Å²) < 4.78 is 0.725. The van der Waals surface area contributed by atoms with E-state index < -0.39 is 15.6 Å². The van der Waals surface area contributed by atoms with Crippen molar-refractivity contribution in [3.05, 3.63) is 69.8 Å². The Morgan fingerprint density at radius 2 is 1.69 bits per heavy atom. The Balaban J connectivity index is 1.56. The number of ketones is 1. The summed E-state index contributed by atoms with van der Waals surface area (Å²) in [5.74, 6) is -1.17. The first-order chi connectivity index (χ1) is 13.9. The van der Waals surface area contributed by atoms with Crippen LogP contribution in [-0.4, -0.2) is 46.7 Å². The molecule has 0 saturated heterocycles. The molecule has 1 heterocycles. The zero-order valence-corrected chi connectivity index (χ0v) is 15.6. The van der Waals surface area contributed by atoms with E-state index in [1.165, 1.54) is 52.8 Å². The van der Waals surface area contributed by atoms with Gasteiger partial charge in [-0.3, -0.25) is 14.9 Å². The van der Waals surface area contributed by atoms with Crippen LogP contribution in [0.15, 0.2) is 53.7 Å². The van der Waals surface area contributed by atoms with Crippen molar-refractivity contribution in [2.45, 2.75) is 22.7 Å². The van der Waals surface area contributed by atoms with Gasteiger partial charge in [0.05, 0.1) is 20.9 Å². The number of nitrogens with zero attached hydrogens (tertiary/aromatic N) is 5. The van der Waals surface area contributed by atoms with E-state index in [4.69, 9.17) is 5.11 Å². The summed E-state index contributed by atoms with van der Waals surface area (Å²) in [6.45, 7) is 0. The van der Waals surface area contributed by atoms with Gasteiger partial charge in [0.15, 0.2) is 5.78 Å². The number of rotatable bonds is 7. The van der Waals surface area contributed by atoms with Crippen LogP contribution in [0.2, 0.25) is 0 Å². The number of non-ortho nitro benzene ring substituents is 1. The molecule has 29 heavy (non-hydrogen) atoms. The van der Waals surface area contributed by atoms with Crippen molar-refractivity contribution in [3.63, 3.8) is 0 Å². The lowest BCUT2D eigenvalue weighted by Crippen LogP contribution is -2.20. The zero-order valence-electron chi connectivity index (χ0n) is 14.8. The third kappa shape index (κ3) is 3.59. The highest BCUT2D eigenvalue weighted by atomic mass is 32.2. The summed E-state index contributed by atoms with van der Waals surface area (Å²) in [6, 6.07) is 11.6. The number of carbonyl (C=O) groups excluding carboxylic acids is 1. The summed E-state index contributed by atoms with van der Waals surface area (Å²) >= 11 is 1.24. The highest BCUT2D eigenvalue weighted by molar-refractivity contribution is 8.01. The molecule has 0 atom stereocenters. The Hall–Kier alpha value is -3.60. The molecule has 0 amide bonds. The van der Waals surface area contributed by atoms with E-state index in [1.54, 1.807) is 12.1 Å². The Morgan fingerprint density at radius 1 is 1.07 bits per heavy atom. The van der Waals surface area contributed by atoms with Gasteiger partial charge in [-0.2, -0.15) is 4.68 Å². The van der Waals surface area contributed by atoms with Crippen LogP contribution >= 0.6 is 11.8 Å². The number of Topliss-reactive ketones (excluding diaryl/α,β-unsaturated/α-hetero) is 1. The van der Waals surface area contributed by atoms with Crippen molar-refractivity contribution in [2.75, 3.05) is 0 Å². The molecule has 0 unspecified atom stereocenters. The van der Waals surface area contributed by atoms with Crippen molar-refractivity contribution in [1.29, 1.82) is 0 Å². The van der Waals surface area contributed by atoms with Gasteiger partial charge < -0.3 is 5.11 Å². The first-order valence-electron chi connectivity index (χ1n) is 8.50. The summed E-state index contributed by atoms with van der Waals surface area (Å²) in [4.78, 5) is 34.3. The van der Waals surface area contributed by atoms with Gasteiger partial charge in [0.25, 0.3) is 5.69 Å². The van der Waals surface area contributed by atoms with E-state index in [0.717, 1.165) is 0 Å². The van der Waals surface area contributed by atoms with Crippen molar-refractivity contribution < 1.29 is 19.6 Å². The lowest BCUT2D eigenvalue weighted by Gasteiger charge is -2.13. The molecule has 1 aliphatic carbocycles. The average molecular weight is 411 g/mol.